The molecule has 0 unspecified atom stereocenters. The summed E-state index contributed by atoms with van der Waals surface area (Å²) >= 11 is 5.20. The van der Waals surface area contributed by atoms with E-state index in [9.17, 15) is 10.1 Å². The van der Waals surface area contributed by atoms with Crippen molar-refractivity contribution >= 4 is 17.9 Å². The molecule has 0 saturated heterocycles. The molecule has 0 fully saturated rings. The van der Waals surface area contributed by atoms with Crippen LogP contribution in [0.1, 0.15) is 25.1 Å². The molecule has 1 heterocycles. The van der Waals surface area contributed by atoms with Gasteiger partial charge in [-0.05, 0) is 30.9 Å². The molecular weight excluding hydrogens is 286 g/mol. The number of benzene rings is 1. The fraction of sp³-hybridized carbons (Fsp3) is 0.333. The van der Waals surface area contributed by atoms with Crippen LogP contribution in [0.4, 0.5) is 5.69 Å². The summed E-state index contributed by atoms with van der Waals surface area (Å²) in [5, 5.41) is 10.9. The van der Waals surface area contributed by atoms with Crippen LogP contribution < -0.4 is 0 Å². The molecule has 0 atom stereocenters. The van der Waals surface area contributed by atoms with Crippen LogP contribution >= 0.6 is 12.2 Å². The SMILES string of the molecule is Cc1ccc([N+](=O)[O-])cc1-c1nc(=S)cc(CC(C)C)[nH]1. The summed E-state index contributed by atoms with van der Waals surface area (Å²) in [5.41, 5.74) is 2.67. The molecule has 0 aliphatic heterocycles. The van der Waals surface area contributed by atoms with Crippen LogP contribution in [-0.4, -0.2) is 14.9 Å². The molecule has 0 aliphatic carbocycles. The van der Waals surface area contributed by atoms with Crippen LogP contribution in [0.15, 0.2) is 24.3 Å². The average Bonchev–Trinajstić information content (AvgIpc) is 2.37. The van der Waals surface area contributed by atoms with E-state index in [1.54, 1.807) is 6.07 Å². The molecule has 110 valence electrons. The number of rotatable bonds is 4. The number of nitrogens with zero attached hydrogens (tertiary/aromatic N) is 2. The van der Waals surface area contributed by atoms with E-state index in [1.165, 1.54) is 12.1 Å². The van der Waals surface area contributed by atoms with Gasteiger partial charge in [0.25, 0.3) is 5.69 Å². The van der Waals surface area contributed by atoms with Gasteiger partial charge in [-0.2, -0.15) is 0 Å². The highest BCUT2D eigenvalue weighted by atomic mass is 32.1. The Balaban J connectivity index is 2.55. The molecule has 0 bridgehead atoms. The highest BCUT2D eigenvalue weighted by Gasteiger charge is 2.12. The maximum atomic E-state index is 10.9. The highest BCUT2D eigenvalue weighted by Crippen LogP contribution is 2.25. The van der Waals surface area contributed by atoms with Gasteiger partial charge in [0.1, 0.15) is 10.5 Å². The van der Waals surface area contributed by atoms with Gasteiger partial charge in [0, 0.05) is 23.4 Å². The average molecular weight is 303 g/mol. The van der Waals surface area contributed by atoms with Gasteiger partial charge in [0.15, 0.2) is 0 Å². The second-order valence-electron chi connectivity index (χ2n) is 5.45. The van der Waals surface area contributed by atoms with Crippen molar-refractivity contribution in [1.82, 2.24) is 9.97 Å². The smallest absolute Gasteiger partial charge is 0.270 e. The van der Waals surface area contributed by atoms with Crippen molar-refractivity contribution in [2.24, 2.45) is 5.92 Å². The summed E-state index contributed by atoms with van der Waals surface area (Å²) in [6, 6.07) is 6.58. The second kappa shape index (κ2) is 6.13. The molecule has 2 rings (SSSR count). The lowest BCUT2D eigenvalue weighted by molar-refractivity contribution is -0.384. The Labute approximate surface area is 128 Å². The van der Waals surface area contributed by atoms with Crippen molar-refractivity contribution in [3.63, 3.8) is 0 Å². The van der Waals surface area contributed by atoms with E-state index in [-0.39, 0.29) is 5.69 Å². The minimum atomic E-state index is -0.407. The fourth-order valence-electron chi connectivity index (χ4n) is 2.16. The van der Waals surface area contributed by atoms with Crippen LogP contribution in [-0.2, 0) is 6.42 Å². The number of aromatic nitrogens is 2. The zero-order chi connectivity index (χ0) is 15.6. The van der Waals surface area contributed by atoms with Crippen molar-refractivity contribution in [2.45, 2.75) is 27.2 Å². The van der Waals surface area contributed by atoms with E-state index >= 15 is 0 Å². The molecule has 1 aromatic heterocycles. The third-order valence-corrected chi connectivity index (χ3v) is 3.32. The van der Waals surface area contributed by atoms with Crippen molar-refractivity contribution in [2.75, 3.05) is 0 Å². The van der Waals surface area contributed by atoms with Gasteiger partial charge < -0.3 is 4.98 Å². The molecule has 1 aromatic carbocycles. The largest absolute Gasteiger partial charge is 0.343 e. The third kappa shape index (κ3) is 3.72. The van der Waals surface area contributed by atoms with Crippen LogP contribution in [0, 0.1) is 27.6 Å². The van der Waals surface area contributed by atoms with Crippen LogP contribution in [0.5, 0.6) is 0 Å². The van der Waals surface area contributed by atoms with Gasteiger partial charge in [-0.15, -0.1) is 0 Å². The van der Waals surface area contributed by atoms with E-state index in [2.05, 4.69) is 23.8 Å². The first-order chi connectivity index (χ1) is 9.86. The maximum Gasteiger partial charge on any atom is 0.270 e. The molecule has 0 amide bonds. The zero-order valence-electron chi connectivity index (χ0n) is 12.2. The second-order valence-corrected chi connectivity index (χ2v) is 5.87. The predicted molar refractivity (Wildman–Crippen MR) is 84.8 cm³/mol. The predicted octanol–water partition coefficient (Wildman–Crippen LogP) is 4.22. The number of nitrogens with one attached hydrogen (secondary N) is 1. The normalized spacial score (nSPS) is 10.9. The number of H-pyrrole nitrogens is 1. The molecule has 1 N–H and O–H groups in total. The molecule has 0 saturated carbocycles. The van der Waals surface area contributed by atoms with Crippen LogP contribution in [0.3, 0.4) is 0 Å². The van der Waals surface area contributed by atoms with Crippen LogP contribution in [0.2, 0.25) is 0 Å². The van der Waals surface area contributed by atoms with Crippen molar-refractivity contribution in [3.05, 3.63) is 50.3 Å². The molecule has 21 heavy (non-hydrogen) atoms. The lowest BCUT2D eigenvalue weighted by atomic mass is 10.1. The Kier molecular flexibility index (Phi) is 4.47. The van der Waals surface area contributed by atoms with Gasteiger partial charge in [-0.1, -0.05) is 32.1 Å². The van der Waals surface area contributed by atoms with Crippen molar-refractivity contribution in [1.29, 1.82) is 0 Å². The highest BCUT2D eigenvalue weighted by molar-refractivity contribution is 7.71. The Morgan fingerprint density at radius 2 is 2.10 bits per heavy atom. The number of hydrogen-bond acceptors (Lipinski definition) is 4. The number of hydrogen-bond donors (Lipinski definition) is 1. The standard InChI is InChI=1S/C15H17N3O2S/c1-9(2)6-11-7-14(21)17-15(16-11)13-8-12(18(19)20)5-4-10(13)3/h4-5,7-9H,6H2,1-3H3,(H,16,17,21). The van der Waals surface area contributed by atoms with E-state index in [0.717, 1.165) is 17.7 Å². The molecular formula is C15H17N3O2S. The first-order valence-corrected chi connectivity index (χ1v) is 7.13. The molecule has 0 aliphatic rings. The summed E-state index contributed by atoms with van der Waals surface area (Å²) in [6.07, 6.45) is 0.854. The first kappa shape index (κ1) is 15.3. The number of aryl methyl sites for hydroxylation is 1. The van der Waals surface area contributed by atoms with E-state index in [4.69, 9.17) is 12.2 Å². The van der Waals surface area contributed by atoms with Gasteiger partial charge in [0.05, 0.1) is 4.92 Å². The minimum Gasteiger partial charge on any atom is -0.343 e. The summed E-state index contributed by atoms with van der Waals surface area (Å²) in [5.74, 6) is 1.07. The zero-order valence-corrected chi connectivity index (χ0v) is 13.0. The van der Waals surface area contributed by atoms with E-state index in [0.29, 0.717) is 21.9 Å². The Morgan fingerprint density at radius 3 is 2.71 bits per heavy atom. The number of non-ortho nitro benzene ring substituents is 1. The van der Waals surface area contributed by atoms with E-state index in [1.807, 2.05) is 13.0 Å². The molecule has 2 aromatic rings. The topological polar surface area (TPSA) is 71.8 Å². The summed E-state index contributed by atoms with van der Waals surface area (Å²) in [6.45, 7) is 6.14. The number of nitro benzene ring substituents is 1. The maximum absolute atomic E-state index is 10.9. The summed E-state index contributed by atoms with van der Waals surface area (Å²) in [4.78, 5) is 18.1. The summed E-state index contributed by atoms with van der Waals surface area (Å²) in [7, 11) is 0. The molecule has 5 nitrogen and oxygen atoms in total. The lowest BCUT2D eigenvalue weighted by Crippen LogP contribution is -2.01. The molecule has 0 spiro atoms. The number of nitro groups is 1. The first-order valence-electron chi connectivity index (χ1n) is 6.72. The fourth-order valence-corrected chi connectivity index (χ4v) is 2.40. The van der Waals surface area contributed by atoms with Gasteiger partial charge in [-0.25, -0.2) is 4.98 Å². The molecule has 6 heteroatoms. The van der Waals surface area contributed by atoms with Gasteiger partial charge >= 0.3 is 0 Å². The van der Waals surface area contributed by atoms with Crippen molar-refractivity contribution in [3.8, 4) is 11.4 Å². The quantitative estimate of drug-likeness (QED) is 0.521. The van der Waals surface area contributed by atoms with E-state index < -0.39 is 4.92 Å². The Morgan fingerprint density at radius 1 is 1.38 bits per heavy atom. The lowest BCUT2D eigenvalue weighted by Gasteiger charge is -2.10. The number of aromatic amines is 1. The Hall–Kier alpha value is -2.08. The van der Waals surface area contributed by atoms with Crippen molar-refractivity contribution < 1.29 is 4.92 Å². The summed E-state index contributed by atoms with van der Waals surface area (Å²) < 4.78 is 0.491. The third-order valence-electron chi connectivity index (χ3n) is 3.11. The van der Waals surface area contributed by atoms with Crippen LogP contribution in [0.25, 0.3) is 11.4 Å². The Bertz CT molecular complexity index is 738. The van der Waals surface area contributed by atoms with Gasteiger partial charge in [-0.3, -0.25) is 10.1 Å². The molecule has 0 radical (unpaired) electrons. The van der Waals surface area contributed by atoms with Gasteiger partial charge in [0.2, 0.25) is 0 Å². The monoisotopic (exact) mass is 303 g/mol. The minimum absolute atomic E-state index is 0.0472.